The number of hydrogen-bond acceptors (Lipinski definition) is 10. The largest absolute Gasteiger partial charge is 0.463 e. The molecule has 0 aliphatic carbocycles. The van der Waals surface area contributed by atoms with Crippen molar-refractivity contribution in [3.8, 4) is 0 Å². The predicted octanol–water partition coefficient (Wildman–Crippen LogP) is 3.43. The van der Waals surface area contributed by atoms with Gasteiger partial charge in [0, 0.05) is 6.42 Å². The van der Waals surface area contributed by atoms with E-state index in [9.17, 15) is 4.79 Å². The molecule has 222 valence electrons. The van der Waals surface area contributed by atoms with Gasteiger partial charge >= 0.3 is 5.97 Å². The number of ether oxygens (including phenoxy) is 9. The second kappa shape index (κ2) is 31.4. The van der Waals surface area contributed by atoms with Gasteiger partial charge in [-0.2, -0.15) is 0 Å². The van der Waals surface area contributed by atoms with Gasteiger partial charge in [0.2, 0.25) is 0 Å². The molecule has 10 heteroatoms. The van der Waals surface area contributed by atoms with Crippen molar-refractivity contribution in [2.24, 2.45) is 0 Å². The van der Waals surface area contributed by atoms with Crippen LogP contribution in [0.2, 0.25) is 0 Å². The monoisotopic (exact) mass is 538 g/mol. The van der Waals surface area contributed by atoms with Crippen molar-refractivity contribution in [2.75, 3.05) is 106 Å². The van der Waals surface area contributed by atoms with E-state index in [1.807, 2.05) is 13.8 Å². The van der Waals surface area contributed by atoms with Crippen LogP contribution < -0.4 is 0 Å². The van der Waals surface area contributed by atoms with Crippen LogP contribution in [0.25, 0.3) is 0 Å². The Morgan fingerprint density at radius 3 is 1.22 bits per heavy atom. The maximum atomic E-state index is 11.6. The summed E-state index contributed by atoms with van der Waals surface area (Å²) in [5.74, 6) is -0.142. The van der Waals surface area contributed by atoms with Gasteiger partial charge in [0.15, 0.2) is 0 Å². The molecule has 0 rings (SSSR count). The van der Waals surface area contributed by atoms with Crippen molar-refractivity contribution in [3.63, 3.8) is 0 Å². The minimum atomic E-state index is -0.142. The Labute approximate surface area is 224 Å². The molecule has 0 fully saturated rings. The van der Waals surface area contributed by atoms with E-state index in [1.165, 1.54) is 19.3 Å². The molecule has 37 heavy (non-hydrogen) atoms. The summed E-state index contributed by atoms with van der Waals surface area (Å²) in [5, 5.41) is 0. The van der Waals surface area contributed by atoms with Gasteiger partial charge in [-0.3, -0.25) is 4.79 Å². The van der Waals surface area contributed by atoms with Crippen LogP contribution in [0.1, 0.15) is 59.3 Å². The summed E-state index contributed by atoms with van der Waals surface area (Å²) >= 11 is 0. The van der Waals surface area contributed by atoms with Crippen molar-refractivity contribution >= 4 is 5.97 Å². The van der Waals surface area contributed by atoms with Crippen LogP contribution in [0, 0.1) is 0 Å². The van der Waals surface area contributed by atoms with Crippen LogP contribution in [0.5, 0.6) is 0 Å². The molecule has 0 heterocycles. The molecule has 0 saturated heterocycles. The Hall–Kier alpha value is -0.850. The van der Waals surface area contributed by atoms with Crippen LogP contribution in [0.3, 0.4) is 0 Å². The lowest BCUT2D eigenvalue weighted by Crippen LogP contribution is -2.15. The second-order valence-corrected chi connectivity index (χ2v) is 8.59. The Kier molecular flexibility index (Phi) is 30.6. The normalized spacial score (nSPS) is 11.5. The average molecular weight is 539 g/mol. The molecule has 0 unspecified atom stereocenters. The van der Waals surface area contributed by atoms with E-state index in [4.69, 9.17) is 42.6 Å². The van der Waals surface area contributed by atoms with Gasteiger partial charge in [-0.25, -0.2) is 0 Å². The van der Waals surface area contributed by atoms with Gasteiger partial charge in [0.1, 0.15) is 6.61 Å². The highest BCUT2D eigenvalue weighted by molar-refractivity contribution is 5.69. The highest BCUT2D eigenvalue weighted by atomic mass is 16.6. The molecule has 0 amide bonds. The summed E-state index contributed by atoms with van der Waals surface area (Å²) in [6, 6.07) is 0. The molecule has 0 aliphatic heterocycles. The molecular formula is C27H54O10. The van der Waals surface area contributed by atoms with E-state index in [0.717, 1.165) is 12.8 Å². The van der Waals surface area contributed by atoms with Gasteiger partial charge in [0.05, 0.1) is 105 Å². The smallest absolute Gasteiger partial charge is 0.305 e. The molecule has 0 atom stereocenters. The molecule has 10 nitrogen and oxygen atoms in total. The summed E-state index contributed by atoms with van der Waals surface area (Å²) in [7, 11) is 0. The maximum absolute atomic E-state index is 11.6. The van der Waals surface area contributed by atoms with Crippen LogP contribution in [0.15, 0.2) is 0 Å². The van der Waals surface area contributed by atoms with E-state index >= 15 is 0 Å². The van der Waals surface area contributed by atoms with Gasteiger partial charge in [-0.05, 0) is 20.3 Å². The van der Waals surface area contributed by atoms with Crippen molar-refractivity contribution in [1.29, 1.82) is 0 Å². The first-order valence-electron chi connectivity index (χ1n) is 14.0. The van der Waals surface area contributed by atoms with Gasteiger partial charge in [0.25, 0.3) is 0 Å². The first-order chi connectivity index (χ1) is 18.2. The molecule has 0 bridgehead atoms. The molecule has 0 aliphatic rings. The minimum Gasteiger partial charge on any atom is -0.463 e. The Balaban J connectivity index is 3.09. The zero-order valence-electron chi connectivity index (χ0n) is 23.7. The van der Waals surface area contributed by atoms with Crippen LogP contribution in [0.4, 0.5) is 0 Å². The third-order valence-electron chi connectivity index (χ3n) is 4.89. The van der Waals surface area contributed by atoms with Crippen LogP contribution in [-0.4, -0.2) is 118 Å². The standard InChI is InChI=1S/C27H54O10/c1-4-5-6-7-8-9-27(28)37-25-23-35-21-19-33-17-15-31-13-11-29-10-12-30-14-16-32-18-20-34-22-24-36-26(2)3/h26H,4-25H2,1-3H3. The van der Waals surface area contributed by atoms with Crippen molar-refractivity contribution < 1.29 is 47.4 Å². The zero-order valence-corrected chi connectivity index (χ0v) is 23.7. The highest BCUT2D eigenvalue weighted by Gasteiger charge is 2.02. The van der Waals surface area contributed by atoms with E-state index in [2.05, 4.69) is 6.92 Å². The number of esters is 1. The summed E-state index contributed by atoms with van der Waals surface area (Å²) in [4.78, 5) is 11.6. The molecule has 0 aromatic rings. The fourth-order valence-corrected chi connectivity index (χ4v) is 2.92. The summed E-state index contributed by atoms with van der Waals surface area (Å²) in [6.45, 7) is 14.2. The third kappa shape index (κ3) is 33.1. The lowest BCUT2D eigenvalue weighted by molar-refractivity contribution is -0.145. The number of unbranched alkanes of at least 4 members (excludes halogenated alkanes) is 4. The third-order valence-corrected chi connectivity index (χ3v) is 4.89. The Morgan fingerprint density at radius 2 is 0.838 bits per heavy atom. The summed E-state index contributed by atoms with van der Waals surface area (Å²) in [6.07, 6.45) is 6.34. The summed E-state index contributed by atoms with van der Waals surface area (Å²) < 4.78 is 48.5. The van der Waals surface area contributed by atoms with Crippen LogP contribution in [-0.2, 0) is 47.4 Å². The molecule has 0 aromatic carbocycles. The van der Waals surface area contributed by atoms with E-state index < -0.39 is 0 Å². The lowest BCUT2D eigenvalue weighted by atomic mass is 10.1. The first-order valence-corrected chi connectivity index (χ1v) is 14.0. The van der Waals surface area contributed by atoms with E-state index in [1.54, 1.807) is 0 Å². The topological polar surface area (TPSA) is 100 Å². The molecule has 0 spiro atoms. The van der Waals surface area contributed by atoms with Gasteiger partial charge in [-0.15, -0.1) is 0 Å². The minimum absolute atomic E-state index is 0.142. The predicted molar refractivity (Wildman–Crippen MR) is 141 cm³/mol. The number of hydrogen-bond donors (Lipinski definition) is 0. The fraction of sp³-hybridized carbons (Fsp3) is 0.963. The van der Waals surface area contributed by atoms with Crippen LogP contribution >= 0.6 is 0 Å². The SMILES string of the molecule is CCCCCCCC(=O)OCCOCCOCCOCCOCCOCCOCCOCCOC(C)C. The number of carbonyl (C=O) groups is 1. The Bertz CT molecular complexity index is 451. The molecule has 0 radical (unpaired) electrons. The van der Waals surface area contributed by atoms with Crippen molar-refractivity contribution in [3.05, 3.63) is 0 Å². The number of rotatable bonds is 31. The van der Waals surface area contributed by atoms with Crippen molar-refractivity contribution in [2.45, 2.75) is 65.4 Å². The molecule has 0 N–H and O–H groups in total. The van der Waals surface area contributed by atoms with E-state index in [0.29, 0.717) is 112 Å². The van der Waals surface area contributed by atoms with Crippen molar-refractivity contribution in [1.82, 2.24) is 0 Å². The van der Waals surface area contributed by atoms with Gasteiger partial charge < -0.3 is 42.6 Å². The molecular weight excluding hydrogens is 484 g/mol. The average Bonchev–Trinajstić information content (AvgIpc) is 2.88. The Morgan fingerprint density at radius 1 is 0.486 bits per heavy atom. The fourth-order valence-electron chi connectivity index (χ4n) is 2.92. The highest BCUT2D eigenvalue weighted by Crippen LogP contribution is 2.05. The van der Waals surface area contributed by atoms with Gasteiger partial charge in [-0.1, -0.05) is 32.6 Å². The number of carbonyl (C=O) groups excluding carboxylic acids is 1. The molecule has 0 aromatic heterocycles. The van der Waals surface area contributed by atoms with E-state index in [-0.39, 0.29) is 12.1 Å². The maximum Gasteiger partial charge on any atom is 0.305 e. The zero-order chi connectivity index (χ0) is 27.1. The lowest BCUT2D eigenvalue weighted by Gasteiger charge is -2.09. The molecule has 0 saturated carbocycles. The second-order valence-electron chi connectivity index (χ2n) is 8.59. The first kappa shape index (κ1) is 36.1. The quantitative estimate of drug-likeness (QED) is 0.0964. The summed E-state index contributed by atoms with van der Waals surface area (Å²) in [5.41, 5.74) is 0.